The fraction of sp³-hybridized carbons (Fsp3) is 0.391. The number of para-hydroxylation sites is 1. The van der Waals surface area contributed by atoms with Gasteiger partial charge in [0.05, 0.1) is 12.7 Å². The van der Waals surface area contributed by atoms with Crippen molar-refractivity contribution < 1.29 is 24.5 Å². The molecule has 0 spiro atoms. The van der Waals surface area contributed by atoms with Crippen molar-refractivity contribution in [1.29, 1.82) is 0 Å². The third-order valence-electron chi connectivity index (χ3n) is 5.00. The predicted molar refractivity (Wildman–Crippen MR) is 108 cm³/mol. The number of hydrogen-bond donors (Lipinski definition) is 2. The van der Waals surface area contributed by atoms with Crippen molar-refractivity contribution in [2.24, 2.45) is 5.92 Å². The maximum Gasteiger partial charge on any atom is 0.303 e. The van der Waals surface area contributed by atoms with Crippen molar-refractivity contribution in [3.63, 3.8) is 0 Å². The van der Waals surface area contributed by atoms with Gasteiger partial charge in [0, 0.05) is 35.9 Å². The molecule has 3 unspecified atom stereocenters. The summed E-state index contributed by atoms with van der Waals surface area (Å²) in [6.45, 7) is 0.509. The van der Waals surface area contributed by atoms with Gasteiger partial charge in [-0.3, -0.25) is 9.78 Å². The van der Waals surface area contributed by atoms with Gasteiger partial charge >= 0.3 is 5.97 Å². The van der Waals surface area contributed by atoms with Crippen LogP contribution in [-0.4, -0.2) is 27.8 Å². The van der Waals surface area contributed by atoms with Crippen LogP contribution in [0.3, 0.4) is 0 Å². The number of phenols is 1. The Morgan fingerprint density at radius 2 is 1.93 bits per heavy atom. The number of nitrogens with zero attached hydrogens (tertiary/aromatic N) is 1. The first kappa shape index (κ1) is 21.0. The topological polar surface area (TPSA) is 88.9 Å². The summed E-state index contributed by atoms with van der Waals surface area (Å²) in [6, 6.07) is 11.0. The molecule has 0 amide bonds. The Hall–Kier alpha value is -2.70. The number of rotatable bonds is 9. The van der Waals surface area contributed by atoms with Crippen molar-refractivity contribution >= 4 is 5.97 Å². The Morgan fingerprint density at radius 3 is 2.69 bits per heavy atom. The molecule has 1 fully saturated rings. The van der Waals surface area contributed by atoms with Gasteiger partial charge < -0.3 is 19.7 Å². The molecule has 0 saturated carbocycles. The van der Waals surface area contributed by atoms with Gasteiger partial charge in [0.15, 0.2) is 6.29 Å². The van der Waals surface area contributed by atoms with E-state index in [9.17, 15) is 9.90 Å². The van der Waals surface area contributed by atoms with Crippen LogP contribution in [0.15, 0.2) is 60.9 Å². The van der Waals surface area contributed by atoms with Crippen molar-refractivity contribution in [1.82, 2.24) is 4.98 Å². The van der Waals surface area contributed by atoms with Gasteiger partial charge in [-0.15, -0.1) is 0 Å². The smallest absolute Gasteiger partial charge is 0.303 e. The number of aromatic nitrogens is 1. The number of carbonyl (C=O) groups is 1. The van der Waals surface area contributed by atoms with Crippen LogP contribution in [-0.2, 0) is 14.3 Å². The number of benzene rings is 1. The van der Waals surface area contributed by atoms with Crippen LogP contribution in [0.4, 0.5) is 0 Å². The molecule has 2 heterocycles. The van der Waals surface area contributed by atoms with Crippen LogP contribution in [0.5, 0.6) is 5.75 Å². The number of pyridine rings is 1. The minimum Gasteiger partial charge on any atom is -0.508 e. The quantitative estimate of drug-likeness (QED) is 0.467. The molecule has 1 aliphatic rings. The number of carboxylic acid groups (broad SMARTS) is 1. The normalized spacial score (nSPS) is 22.0. The molecule has 0 aliphatic carbocycles. The molecule has 29 heavy (non-hydrogen) atoms. The lowest BCUT2D eigenvalue weighted by molar-refractivity contribution is -0.244. The van der Waals surface area contributed by atoms with E-state index in [0.717, 1.165) is 30.4 Å². The van der Waals surface area contributed by atoms with Crippen LogP contribution in [0.2, 0.25) is 0 Å². The van der Waals surface area contributed by atoms with Gasteiger partial charge in [0.2, 0.25) is 0 Å². The van der Waals surface area contributed by atoms with E-state index in [1.54, 1.807) is 24.5 Å². The highest BCUT2D eigenvalue weighted by Crippen LogP contribution is 2.42. The molecule has 1 aromatic carbocycles. The molecule has 3 atom stereocenters. The third-order valence-corrected chi connectivity index (χ3v) is 5.00. The molecular formula is C23H27NO5. The minimum absolute atomic E-state index is 0.0663. The van der Waals surface area contributed by atoms with E-state index in [-0.39, 0.29) is 24.2 Å². The number of ether oxygens (including phenoxy) is 2. The van der Waals surface area contributed by atoms with Crippen molar-refractivity contribution in [2.75, 3.05) is 6.61 Å². The van der Waals surface area contributed by atoms with Crippen molar-refractivity contribution in [2.45, 2.75) is 44.5 Å². The first-order valence-corrected chi connectivity index (χ1v) is 9.97. The fourth-order valence-electron chi connectivity index (χ4n) is 3.45. The van der Waals surface area contributed by atoms with E-state index in [2.05, 4.69) is 17.1 Å². The number of hydrogen-bond acceptors (Lipinski definition) is 5. The van der Waals surface area contributed by atoms with Crippen LogP contribution in [0.25, 0.3) is 0 Å². The van der Waals surface area contributed by atoms with E-state index >= 15 is 0 Å². The lowest BCUT2D eigenvalue weighted by Crippen LogP contribution is -2.30. The van der Waals surface area contributed by atoms with Gasteiger partial charge in [-0.05, 0) is 43.9 Å². The van der Waals surface area contributed by atoms with Gasteiger partial charge in [-0.1, -0.05) is 30.4 Å². The molecule has 3 rings (SSSR count). The van der Waals surface area contributed by atoms with Crippen molar-refractivity contribution in [3.05, 3.63) is 72.1 Å². The number of carboxylic acids is 1. The summed E-state index contributed by atoms with van der Waals surface area (Å²) in [5.74, 6) is -0.466. The molecule has 1 aromatic heterocycles. The molecule has 0 bridgehead atoms. The zero-order chi connectivity index (χ0) is 20.5. The Labute approximate surface area is 170 Å². The summed E-state index contributed by atoms with van der Waals surface area (Å²) in [4.78, 5) is 14.6. The summed E-state index contributed by atoms with van der Waals surface area (Å²) < 4.78 is 12.2. The molecule has 2 N–H and O–H groups in total. The van der Waals surface area contributed by atoms with Crippen LogP contribution in [0.1, 0.15) is 55.6 Å². The van der Waals surface area contributed by atoms with E-state index in [4.69, 9.17) is 14.6 Å². The number of unbranched alkanes of at least 4 members (excludes halogenated alkanes) is 2. The zero-order valence-electron chi connectivity index (χ0n) is 16.3. The largest absolute Gasteiger partial charge is 0.508 e. The molecular weight excluding hydrogens is 370 g/mol. The van der Waals surface area contributed by atoms with Gasteiger partial charge in [-0.2, -0.15) is 0 Å². The second-order valence-electron chi connectivity index (χ2n) is 7.17. The average Bonchev–Trinajstić information content (AvgIpc) is 2.74. The van der Waals surface area contributed by atoms with E-state index in [1.165, 1.54) is 0 Å². The summed E-state index contributed by atoms with van der Waals surface area (Å²) in [7, 11) is 0. The van der Waals surface area contributed by atoms with Crippen LogP contribution in [0, 0.1) is 5.92 Å². The Morgan fingerprint density at radius 1 is 1.14 bits per heavy atom. The second-order valence-corrected chi connectivity index (χ2v) is 7.17. The number of phenolic OH excluding ortho intramolecular Hbond substituents is 1. The summed E-state index contributed by atoms with van der Waals surface area (Å²) in [5.41, 5.74) is 1.66. The fourth-order valence-corrected chi connectivity index (χ4v) is 3.45. The first-order valence-electron chi connectivity index (χ1n) is 9.97. The van der Waals surface area contributed by atoms with Gasteiger partial charge in [0.25, 0.3) is 0 Å². The Kier molecular flexibility index (Phi) is 7.78. The summed E-state index contributed by atoms with van der Waals surface area (Å²) in [6.07, 6.45) is 10.1. The third kappa shape index (κ3) is 6.14. The van der Waals surface area contributed by atoms with Gasteiger partial charge in [-0.25, -0.2) is 0 Å². The van der Waals surface area contributed by atoms with Crippen LogP contribution < -0.4 is 0 Å². The van der Waals surface area contributed by atoms with E-state index in [0.29, 0.717) is 13.0 Å². The van der Waals surface area contributed by atoms with Crippen molar-refractivity contribution in [3.8, 4) is 5.75 Å². The lowest BCUT2D eigenvalue weighted by atomic mass is 9.91. The number of aromatic hydroxyl groups is 1. The monoisotopic (exact) mass is 397 g/mol. The highest BCUT2D eigenvalue weighted by Gasteiger charge is 2.34. The predicted octanol–water partition coefficient (Wildman–Crippen LogP) is 4.78. The average molecular weight is 397 g/mol. The number of allylic oxidation sites excluding steroid dienone is 2. The van der Waals surface area contributed by atoms with Gasteiger partial charge in [0.1, 0.15) is 5.75 Å². The minimum atomic E-state index is -0.750. The van der Waals surface area contributed by atoms with E-state index in [1.807, 2.05) is 24.3 Å². The second kappa shape index (κ2) is 10.7. The molecule has 0 radical (unpaired) electrons. The molecule has 6 heteroatoms. The Bertz CT molecular complexity index is 808. The standard InChI is InChI=1S/C23H27NO5/c25-20-10-7-6-9-19(20)22-18(8-4-2-1-3-5-11-21(26)27)16-28-23(29-22)17-12-14-24-15-13-17/h2,4,6-7,9-10,12-15,18,22-23,25H,1,3,5,8,11,16H2,(H,26,27)/b4-2-. The summed E-state index contributed by atoms with van der Waals surface area (Å²) >= 11 is 0. The molecule has 154 valence electrons. The maximum atomic E-state index is 10.6. The first-order chi connectivity index (χ1) is 14.1. The highest BCUT2D eigenvalue weighted by atomic mass is 16.7. The van der Waals surface area contributed by atoms with Crippen LogP contribution >= 0.6 is 0 Å². The molecule has 2 aromatic rings. The molecule has 1 saturated heterocycles. The number of aliphatic carboxylic acids is 1. The molecule has 6 nitrogen and oxygen atoms in total. The Balaban J connectivity index is 1.64. The maximum absolute atomic E-state index is 10.6. The highest BCUT2D eigenvalue weighted by molar-refractivity contribution is 5.66. The lowest BCUT2D eigenvalue weighted by Gasteiger charge is -2.37. The van der Waals surface area contributed by atoms with E-state index < -0.39 is 12.3 Å². The summed E-state index contributed by atoms with van der Waals surface area (Å²) in [5, 5.41) is 19.0. The zero-order valence-corrected chi connectivity index (χ0v) is 16.3. The SMILES string of the molecule is O=C(O)CCCC/C=C\CC1COC(c2ccncc2)OC1c1ccccc1O. The molecule has 1 aliphatic heterocycles.